The van der Waals surface area contributed by atoms with Crippen LogP contribution in [0.15, 0.2) is 42.5 Å². The molecule has 0 unspecified atom stereocenters. The molecule has 1 N–H and O–H groups in total. The lowest BCUT2D eigenvalue weighted by atomic mass is 10.0. The summed E-state index contributed by atoms with van der Waals surface area (Å²) in [5, 5.41) is 9.53. The van der Waals surface area contributed by atoms with Crippen LogP contribution in [0.1, 0.15) is 39.1 Å². The molecule has 0 aromatic heterocycles. The minimum Gasteiger partial charge on any atom is -0.507 e. The summed E-state index contributed by atoms with van der Waals surface area (Å²) < 4.78 is 19.4. The Morgan fingerprint density at radius 1 is 1.23 bits per heavy atom. The van der Waals surface area contributed by atoms with E-state index in [4.69, 9.17) is 4.74 Å². The molecule has 6 heteroatoms. The van der Waals surface area contributed by atoms with E-state index < -0.39 is 0 Å². The Morgan fingerprint density at radius 3 is 2.65 bits per heavy atom. The van der Waals surface area contributed by atoms with Crippen molar-refractivity contribution in [2.45, 2.75) is 25.6 Å². The SMILES string of the molecule is O=Cc1cc(C(=O)N2CCC(OCc3ccccc3F)CC2)ccc1O. The molecule has 0 aliphatic carbocycles. The van der Waals surface area contributed by atoms with Gasteiger partial charge in [-0.25, -0.2) is 4.39 Å². The summed E-state index contributed by atoms with van der Waals surface area (Å²) in [6.45, 7) is 1.27. The van der Waals surface area contributed by atoms with Crippen molar-refractivity contribution in [3.8, 4) is 5.75 Å². The van der Waals surface area contributed by atoms with Gasteiger partial charge in [0.25, 0.3) is 5.91 Å². The molecule has 1 fully saturated rings. The molecule has 2 aromatic rings. The van der Waals surface area contributed by atoms with E-state index in [1.165, 1.54) is 24.3 Å². The van der Waals surface area contributed by atoms with E-state index >= 15 is 0 Å². The van der Waals surface area contributed by atoms with Gasteiger partial charge in [0.1, 0.15) is 11.6 Å². The van der Waals surface area contributed by atoms with Crippen LogP contribution in [0.5, 0.6) is 5.75 Å². The van der Waals surface area contributed by atoms with E-state index in [1.807, 2.05) is 0 Å². The lowest BCUT2D eigenvalue weighted by Gasteiger charge is -2.32. The Hall–Kier alpha value is -2.73. The highest BCUT2D eigenvalue weighted by Gasteiger charge is 2.24. The average molecular weight is 357 g/mol. The van der Waals surface area contributed by atoms with Crippen molar-refractivity contribution in [3.05, 3.63) is 65.0 Å². The Balaban J connectivity index is 1.54. The van der Waals surface area contributed by atoms with Crippen LogP contribution in [-0.2, 0) is 11.3 Å². The van der Waals surface area contributed by atoms with Gasteiger partial charge in [-0.3, -0.25) is 9.59 Å². The number of rotatable bonds is 5. The molecule has 136 valence electrons. The molecule has 26 heavy (non-hydrogen) atoms. The minimum atomic E-state index is -0.279. The number of carbonyl (C=O) groups excluding carboxylic acids is 2. The number of amides is 1. The van der Waals surface area contributed by atoms with Crippen molar-refractivity contribution >= 4 is 12.2 Å². The summed E-state index contributed by atoms with van der Waals surface area (Å²) >= 11 is 0. The number of benzene rings is 2. The number of carbonyl (C=O) groups is 2. The van der Waals surface area contributed by atoms with E-state index in [-0.39, 0.29) is 35.7 Å². The number of piperidine rings is 1. The number of aromatic hydroxyl groups is 1. The molecule has 1 saturated heterocycles. The van der Waals surface area contributed by atoms with E-state index in [0.717, 1.165) is 0 Å². The van der Waals surface area contributed by atoms with Crippen LogP contribution < -0.4 is 0 Å². The number of phenolic OH excluding ortho intramolecular Hbond substituents is 1. The zero-order valence-electron chi connectivity index (χ0n) is 14.2. The molecule has 0 radical (unpaired) electrons. The van der Waals surface area contributed by atoms with Gasteiger partial charge in [0.15, 0.2) is 6.29 Å². The lowest BCUT2D eigenvalue weighted by molar-refractivity contribution is -0.00131. The quantitative estimate of drug-likeness (QED) is 0.835. The standard InChI is InChI=1S/C20H20FNO4/c21-18-4-2-1-3-15(18)13-26-17-7-9-22(10-8-17)20(25)14-5-6-19(24)16(11-14)12-23/h1-6,11-12,17,24H,7-10,13H2. The fourth-order valence-corrected chi connectivity index (χ4v) is 3.01. The van der Waals surface area contributed by atoms with Gasteiger partial charge >= 0.3 is 0 Å². The maximum Gasteiger partial charge on any atom is 0.253 e. The number of halogens is 1. The molecule has 0 bridgehead atoms. The zero-order chi connectivity index (χ0) is 18.5. The van der Waals surface area contributed by atoms with Gasteiger partial charge in [-0.2, -0.15) is 0 Å². The molecule has 0 saturated carbocycles. The van der Waals surface area contributed by atoms with Crippen molar-refractivity contribution in [1.82, 2.24) is 4.90 Å². The van der Waals surface area contributed by atoms with Gasteiger partial charge in [0.05, 0.1) is 18.3 Å². The lowest BCUT2D eigenvalue weighted by Crippen LogP contribution is -2.40. The molecule has 0 spiro atoms. The maximum atomic E-state index is 13.6. The van der Waals surface area contributed by atoms with Crippen molar-refractivity contribution in [3.63, 3.8) is 0 Å². The van der Waals surface area contributed by atoms with Crippen LogP contribution in [0.4, 0.5) is 4.39 Å². The molecule has 2 aromatic carbocycles. The Kier molecular flexibility index (Phi) is 5.63. The third-order valence-corrected chi connectivity index (χ3v) is 4.56. The molecular formula is C20H20FNO4. The normalized spacial score (nSPS) is 15.0. The second kappa shape index (κ2) is 8.10. The fourth-order valence-electron chi connectivity index (χ4n) is 3.01. The van der Waals surface area contributed by atoms with Crippen molar-refractivity contribution in [2.75, 3.05) is 13.1 Å². The molecule has 5 nitrogen and oxygen atoms in total. The minimum absolute atomic E-state index is 0.0241. The predicted octanol–water partition coefficient (Wildman–Crippen LogP) is 3.17. The molecular weight excluding hydrogens is 337 g/mol. The predicted molar refractivity (Wildman–Crippen MR) is 93.6 cm³/mol. The monoisotopic (exact) mass is 357 g/mol. The Labute approximate surface area is 151 Å². The largest absolute Gasteiger partial charge is 0.507 e. The molecule has 1 heterocycles. The van der Waals surface area contributed by atoms with Gasteiger partial charge in [0.2, 0.25) is 0 Å². The van der Waals surface area contributed by atoms with Crippen LogP contribution in [0.25, 0.3) is 0 Å². The molecule has 1 aliphatic heterocycles. The first-order valence-electron chi connectivity index (χ1n) is 8.51. The summed E-state index contributed by atoms with van der Waals surface area (Å²) in [6.07, 6.45) is 1.83. The van der Waals surface area contributed by atoms with Crippen molar-refractivity contribution in [2.24, 2.45) is 0 Å². The van der Waals surface area contributed by atoms with Gasteiger partial charge in [-0.05, 0) is 37.1 Å². The van der Waals surface area contributed by atoms with Crippen LogP contribution >= 0.6 is 0 Å². The van der Waals surface area contributed by atoms with Crippen LogP contribution in [0.2, 0.25) is 0 Å². The fraction of sp³-hybridized carbons (Fsp3) is 0.300. The van der Waals surface area contributed by atoms with Crippen LogP contribution in [-0.4, -0.2) is 41.4 Å². The highest BCUT2D eigenvalue weighted by atomic mass is 19.1. The first-order valence-corrected chi connectivity index (χ1v) is 8.51. The first kappa shape index (κ1) is 18.1. The van der Waals surface area contributed by atoms with Gasteiger partial charge in [-0.15, -0.1) is 0 Å². The number of nitrogens with zero attached hydrogens (tertiary/aromatic N) is 1. The first-order chi connectivity index (χ1) is 12.6. The average Bonchev–Trinajstić information content (AvgIpc) is 2.67. The van der Waals surface area contributed by atoms with Gasteiger partial charge in [0, 0.05) is 24.2 Å². The van der Waals surface area contributed by atoms with Gasteiger partial charge < -0.3 is 14.7 Å². The summed E-state index contributed by atoms with van der Waals surface area (Å²) in [7, 11) is 0. The highest BCUT2D eigenvalue weighted by molar-refractivity contribution is 5.96. The number of hydrogen-bond donors (Lipinski definition) is 1. The highest BCUT2D eigenvalue weighted by Crippen LogP contribution is 2.21. The molecule has 1 aliphatic rings. The summed E-state index contributed by atoms with van der Waals surface area (Å²) in [4.78, 5) is 25.2. The summed E-state index contributed by atoms with van der Waals surface area (Å²) in [5.41, 5.74) is 0.992. The topological polar surface area (TPSA) is 66.8 Å². The number of likely N-dealkylation sites (tertiary alicyclic amines) is 1. The van der Waals surface area contributed by atoms with Gasteiger partial charge in [-0.1, -0.05) is 18.2 Å². The second-order valence-corrected chi connectivity index (χ2v) is 6.29. The number of hydrogen-bond acceptors (Lipinski definition) is 4. The van der Waals surface area contributed by atoms with E-state index in [2.05, 4.69) is 0 Å². The third kappa shape index (κ3) is 4.08. The number of ether oxygens (including phenoxy) is 1. The van der Waals surface area contributed by atoms with Crippen molar-refractivity contribution in [1.29, 1.82) is 0 Å². The summed E-state index contributed by atoms with van der Waals surface area (Å²) in [5.74, 6) is -0.601. The maximum absolute atomic E-state index is 13.6. The zero-order valence-corrected chi connectivity index (χ0v) is 14.2. The molecule has 3 rings (SSSR count). The number of aldehydes is 1. The second-order valence-electron chi connectivity index (χ2n) is 6.29. The van der Waals surface area contributed by atoms with E-state index in [0.29, 0.717) is 43.3 Å². The van der Waals surface area contributed by atoms with E-state index in [9.17, 15) is 19.1 Å². The molecule has 1 amide bonds. The Bertz CT molecular complexity index is 800. The summed E-state index contributed by atoms with van der Waals surface area (Å²) in [6, 6.07) is 10.8. The van der Waals surface area contributed by atoms with E-state index in [1.54, 1.807) is 23.1 Å². The van der Waals surface area contributed by atoms with Crippen LogP contribution in [0, 0.1) is 5.82 Å². The third-order valence-electron chi connectivity index (χ3n) is 4.56. The van der Waals surface area contributed by atoms with Crippen molar-refractivity contribution < 1.29 is 23.8 Å². The molecule has 0 atom stereocenters. The Morgan fingerprint density at radius 2 is 1.96 bits per heavy atom. The number of phenols is 1. The smallest absolute Gasteiger partial charge is 0.253 e. The van der Waals surface area contributed by atoms with Crippen LogP contribution in [0.3, 0.4) is 0 Å².